The third-order valence-electron chi connectivity index (χ3n) is 5.30. The summed E-state index contributed by atoms with van der Waals surface area (Å²) in [6, 6.07) is 19.6. The molecule has 0 radical (unpaired) electrons. The topological polar surface area (TPSA) is 113 Å². The minimum Gasteiger partial charge on any atom is -0.494 e. The number of ether oxygens (including phenoxy) is 1. The zero-order valence-corrected chi connectivity index (χ0v) is 19.6. The summed E-state index contributed by atoms with van der Waals surface area (Å²) in [4.78, 5) is 51.3. The molecule has 1 saturated heterocycles. The van der Waals surface area contributed by atoms with E-state index in [1.807, 2.05) is 6.92 Å². The number of nitrogens with one attached hydrogen (secondary N) is 1. The number of carboxylic acid groups (broad SMARTS) is 1. The summed E-state index contributed by atoms with van der Waals surface area (Å²) < 4.78 is 5.41. The second kappa shape index (κ2) is 10.4. The summed E-state index contributed by atoms with van der Waals surface area (Å²) in [5.41, 5.74) is 0.956. The quantitative estimate of drug-likeness (QED) is 0.448. The summed E-state index contributed by atoms with van der Waals surface area (Å²) in [5.74, 6) is -1.60. The van der Waals surface area contributed by atoms with Crippen molar-refractivity contribution >= 4 is 46.8 Å². The number of benzene rings is 3. The number of nitrogens with zero attached hydrogens (tertiary/aromatic N) is 1. The molecule has 1 unspecified atom stereocenters. The number of carbonyl (C=O) groups excluding carboxylic acids is 3. The molecule has 1 atom stereocenters. The molecule has 3 amide bonds. The molecule has 3 aromatic rings. The van der Waals surface area contributed by atoms with Crippen LogP contribution in [0.3, 0.4) is 0 Å². The Morgan fingerprint density at radius 2 is 1.66 bits per heavy atom. The highest BCUT2D eigenvalue weighted by atomic mass is 32.2. The minimum atomic E-state index is -1.18. The fourth-order valence-corrected chi connectivity index (χ4v) is 4.73. The summed E-state index contributed by atoms with van der Waals surface area (Å²) in [6.45, 7) is 2.40. The Morgan fingerprint density at radius 1 is 1.00 bits per heavy atom. The van der Waals surface area contributed by atoms with E-state index in [-0.39, 0.29) is 29.4 Å². The number of thioether (sulfide) groups is 1. The summed E-state index contributed by atoms with van der Waals surface area (Å²) >= 11 is 1.28. The van der Waals surface area contributed by atoms with Gasteiger partial charge in [-0.15, -0.1) is 11.8 Å². The van der Waals surface area contributed by atoms with E-state index in [1.54, 1.807) is 60.7 Å². The summed E-state index contributed by atoms with van der Waals surface area (Å²) in [6.07, 6.45) is 0.0845. The van der Waals surface area contributed by atoms with E-state index in [9.17, 15) is 24.3 Å². The van der Waals surface area contributed by atoms with Crippen molar-refractivity contribution in [1.82, 2.24) is 0 Å². The molecule has 2 N–H and O–H groups in total. The van der Waals surface area contributed by atoms with Crippen molar-refractivity contribution < 1.29 is 29.0 Å². The fourth-order valence-electron chi connectivity index (χ4n) is 3.67. The molecular formula is C26H22N2O6S. The number of hydrogen-bond donors (Lipinski definition) is 2. The van der Waals surface area contributed by atoms with Crippen LogP contribution in [0.25, 0.3) is 0 Å². The van der Waals surface area contributed by atoms with E-state index in [2.05, 4.69) is 5.32 Å². The van der Waals surface area contributed by atoms with Crippen molar-refractivity contribution in [3.05, 3.63) is 83.9 Å². The molecule has 1 aliphatic heterocycles. The van der Waals surface area contributed by atoms with Crippen LogP contribution in [0.1, 0.15) is 34.1 Å². The highest BCUT2D eigenvalue weighted by molar-refractivity contribution is 8.00. The third-order valence-corrected chi connectivity index (χ3v) is 6.50. The molecule has 178 valence electrons. The maximum absolute atomic E-state index is 12.9. The van der Waals surface area contributed by atoms with Gasteiger partial charge in [0.1, 0.15) is 5.75 Å². The van der Waals surface area contributed by atoms with Crippen molar-refractivity contribution in [1.29, 1.82) is 0 Å². The Labute approximate surface area is 205 Å². The Kier molecular flexibility index (Phi) is 7.17. The number of imide groups is 1. The molecule has 8 nitrogen and oxygen atoms in total. The highest BCUT2D eigenvalue weighted by Gasteiger charge is 2.40. The van der Waals surface area contributed by atoms with Crippen LogP contribution in [0, 0.1) is 0 Å². The smallest absolute Gasteiger partial charge is 0.336 e. The number of hydrogen-bond acceptors (Lipinski definition) is 6. The number of carboxylic acids is 1. The molecule has 0 aliphatic carbocycles. The first-order chi connectivity index (χ1) is 16.9. The van der Waals surface area contributed by atoms with Gasteiger partial charge in [-0.05, 0) is 67.6 Å². The lowest BCUT2D eigenvalue weighted by molar-refractivity contribution is -0.121. The van der Waals surface area contributed by atoms with Gasteiger partial charge < -0.3 is 15.2 Å². The lowest BCUT2D eigenvalue weighted by atomic mass is 10.1. The maximum Gasteiger partial charge on any atom is 0.336 e. The lowest BCUT2D eigenvalue weighted by Crippen LogP contribution is -2.31. The minimum absolute atomic E-state index is 0.0582. The summed E-state index contributed by atoms with van der Waals surface area (Å²) in [5, 5.41) is 11.4. The van der Waals surface area contributed by atoms with E-state index >= 15 is 0 Å². The Morgan fingerprint density at radius 3 is 2.29 bits per heavy atom. The largest absolute Gasteiger partial charge is 0.494 e. The monoisotopic (exact) mass is 490 g/mol. The number of amides is 3. The molecule has 0 aromatic heterocycles. The second-order valence-electron chi connectivity index (χ2n) is 7.63. The standard InChI is InChI=1S/C26H22N2O6S/c1-2-34-18-11-9-17(10-12-18)28-23(29)15-22(25(28)31)35-19-13-7-16(8-14-19)27-24(30)20-5-3-4-6-21(20)26(32)33/h3-14,22H,2,15H2,1H3,(H,27,30)(H,32,33). The van der Waals surface area contributed by atoms with Crippen LogP contribution in [0.4, 0.5) is 11.4 Å². The normalized spacial score (nSPS) is 15.2. The van der Waals surface area contributed by atoms with Crippen molar-refractivity contribution in [2.45, 2.75) is 23.5 Å². The molecule has 3 aromatic carbocycles. The Balaban J connectivity index is 1.41. The number of carbonyl (C=O) groups is 4. The molecule has 4 rings (SSSR count). The highest BCUT2D eigenvalue weighted by Crippen LogP contribution is 2.35. The van der Waals surface area contributed by atoms with E-state index in [0.717, 1.165) is 4.90 Å². The van der Waals surface area contributed by atoms with E-state index in [1.165, 1.54) is 28.8 Å². The molecule has 35 heavy (non-hydrogen) atoms. The molecule has 0 saturated carbocycles. The van der Waals surface area contributed by atoms with Gasteiger partial charge in [0.15, 0.2) is 0 Å². The second-order valence-corrected chi connectivity index (χ2v) is 8.91. The van der Waals surface area contributed by atoms with E-state index < -0.39 is 17.1 Å². The van der Waals surface area contributed by atoms with Gasteiger partial charge in [-0.1, -0.05) is 12.1 Å². The van der Waals surface area contributed by atoms with Crippen LogP contribution in [0.15, 0.2) is 77.7 Å². The maximum atomic E-state index is 12.9. The van der Waals surface area contributed by atoms with Gasteiger partial charge in [0.05, 0.1) is 28.7 Å². The van der Waals surface area contributed by atoms with Gasteiger partial charge in [-0.2, -0.15) is 0 Å². The predicted molar refractivity (Wildman–Crippen MR) is 132 cm³/mol. The predicted octanol–water partition coefficient (Wildman–Crippen LogP) is 4.46. The van der Waals surface area contributed by atoms with Crippen LogP contribution in [0.2, 0.25) is 0 Å². The number of anilines is 2. The molecule has 0 bridgehead atoms. The molecule has 1 fully saturated rings. The van der Waals surface area contributed by atoms with Crippen molar-refractivity contribution in [2.24, 2.45) is 0 Å². The average molecular weight is 491 g/mol. The van der Waals surface area contributed by atoms with Crippen molar-refractivity contribution in [3.8, 4) is 5.75 Å². The zero-order valence-electron chi connectivity index (χ0n) is 18.8. The van der Waals surface area contributed by atoms with Crippen LogP contribution in [0.5, 0.6) is 5.75 Å². The first-order valence-corrected chi connectivity index (χ1v) is 11.8. The van der Waals surface area contributed by atoms with Gasteiger partial charge in [0.25, 0.3) is 5.91 Å². The van der Waals surface area contributed by atoms with E-state index in [0.29, 0.717) is 23.7 Å². The van der Waals surface area contributed by atoms with Crippen LogP contribution >= 0.6 is 11.8 Å². The Bertz CT molecular complexity index is 1270. The van der Waals surface area contributed by atoms with Gasteiger partial charge in [-0.25, -0.2) is 9.69 Å². The van der Waals surface area contributed by atoms with Crippen molar-refractivity contribution in [2.75, 3.05) is 16.8 Å². The lowest BCUT2D eigenvalue weighted by Gasteiger charge is -2.15. The van der Waals surface area contributed by atoms with Crippen LogP contribution < -0.4 is 15.0 Å². The van der Waals surface area contributed by atoms with Gasteiger partial charge in [0.2, 0.25) is 11.8 Å². The number of aromatic carboxylic acids is 1. The van der Waals surface area contributed by atoms with Crippen LogP contribution in [-0.4, -0.2) is 40.7 Å². The molecule has 1 aliphatic rings. The SMILES string of the molecule is CCOc1ccc(N2C(=O)CC(Sc3ccc(NC(=O)c4ccccc4C(=O)O)cc3)C2=O)cc1. The molecule has 9 heteroatoms. The zero-order chi connectivity index (χ0) is 24.9. The van der Waals surface area contributed by atoms with Gasteiger partial charge in [-0.3, -0.25) is 14.4 Å². The molecule has 0 spiro atoms. The Hall–Kier alpha value is -4.11. The summed E-state index contributed by atoms with van der Waals surface area (Å²) in [7, 11) is 0. The van der Waals surface area contributed by atoms with Crippen LogP contribution in [-0.2, 0) is 9.59 Å². The number of rotatable bonds is 8. The van der Waals surface area contributed by atoms with Gasteiger partial charge in [0, 0.05) is 17.0 Å². The fraction of sp³-hybridized carbons (Fsp3) is 0.154. The first-order valence-electron chi connectivity index (χ1n) is 10.9. The molecule has 1 heterocycles. The average Bonchev–Trinajstić information content (AvgIpc) is 3.13. The van der Waals surface area contributed by atoms with Crippen molar-refractivity contribution in [3.63, 3.8) is 0 Å². The van der Waals surface area contributed by atoms with Gasteiger partial charge >= 0.3 is 5.97 Å². The van der Waals surface area contributed by atoms with E-state index in [4.69, 9.17) is 4.74 Å². The third kappa shape index (κ3) is 5.36. The first kappa shape index (κ1) is 24.0. The molecular weight excluding hydrogens is 468 g/mol.